The third-order valence-electron chi connectivity index (χ3n) is 2.00. The van der Waals surface area contributed by atoms with E-state index in [2.05, 4.69) is 0 Å². The van der Waals surface area contributed by atoms with Gasteiger partial charge < -0.3 is 27.1 Å². The number of aliphatic hydroxyl groups is 2. The molecule has 4 heteroatoms. The Morgan fingerprint density at radius 2 is 1.40 bits per heavy atom. The van der Waals surface area contributed by atoms with E-state index in [0.717, 1.165) is 30.7 Å². The number of hydrogen-bond donors (Lipinski definition) is 2. The topological polar surface area (TPSA) is 40.5 Å². The second kappa shape index (κ2) is 4.13. The highest BCUT2D eigenvalue weighted by Gasteiger charge is 2.40. The van der Waals surface area contributed by atoms with Crippen LogP contribution in [0.2, 0.25) is 0 Å². The summed E-state index contributed by atoms with van der Waals surface area (Å²) in [6.07, 6.45) is 0. The summed E-state index contributed by atoms with van der Waals surface area (Å²) >= 11 is 0. The van der Waals surface area contributed by atoms with Crippen LogP contribution >= 0.6 is 0 Å². The van der Waals surface area contributed by atoms with E-state index >= 15 is 0 Å². The Labute approximate surface area is 67.3 Å². The average molecular weight is 168 g/mol. The van der Waals surface area contributed by atoms with E-state index in [9.17, 15) is 0 Å². The van der Waals surface area contributed by atoms with Crippen molar-refractivity contribution < 1.29 is 27.1 Å². The Hall–Kier alpha value is 0.170. The SMILES string of the molecule is OCC[N+]1(CCO)CC1.[Cl-]. The molecule has 0 aromatic heterocycles. The largest absolute Gasteiger partial charge is 1.00 e. The van der Waals surface area contributed by atoms with Crippen molar-refractivity contribution in [1.29, 1.82) is 0 Å². The fourth-order valence-corrected chi connectivity index (χ4v) is 1.12. The van der Waals surface area contributed by atoms with E-state index in [1.165, 1.54) is 0 Å². The number of nitrogens with zero attached hydrogens (tertiary/aromatic N) is 1. The Morgan fingerprint density at radius 1 is 1.00 bits per heavy atom. The molecular formula is C6H14ClNO2. The molecule has 1 aliphatic rings. The van der Waals surface area contributed by atoms with Gasteiger partial charge in [0.15, 0.2) is 0 Å². The van der Waals surface area contributed by atoms with Gasteiger partial charge in [0.25, 0.3) is 0 Å². The molecule has 3 nitrogen and oxygen atoms in total. The van der Waals surface area contributed by atoms with Gasteiger partial charge in [-0.3, -0.25) is 0 Å². The van der Waals surface area contributed by atoms with Gasteiger partial charge >= 0.3 is 0 Å². The predicted molar refractivity (Wildman–Crippen MR) is 33.9 cm³/mol. The average Bonchev–Trinajstić information content (AvgIpc) is 2.51. The number of aliphatic hydroxyl groups excluding tert-OH is 2. The summed E-state index contributed by atoms with van der Waals surface area (Å²) in [5.41, 5.74) is 0. The van der Waals surface area contributed by atoms with Gasteiger partial charge in [0, 0.05) is 0 Å². The number of hydrogen-bond acceptors (Lipinski definition) is 2. The highest BCUT2D eigenvalue weighted by atomic mass is 35.5. The summed E-state index contributed by atoms with van der Waals surface area (Å²) in [5, 5.41) is 17.1. The molecule has 1 saturated heterocycles. The molecule has 1 aliphatic heterocycles. The predicted octanol–water partition coefficient (Wildman–Crippen LogP) is -4.19. The van der Waals surface area contributed by atoms with Crippen molar-refractivity contribution in [2.45, 2.75) is 0 Å². The van der Waals surface area contributed by atoms with Crippen LogP contribution in [0.15, 0.2) is 0 Å². The molecule has 0 bridgehead atoms. The first-order valence-electron chi connectivity index (χ1n) is 3.40. The maximum Gasteiger partial charge on any atom is 0.129 e. The molecule has 0 spiro atoms. The van der Waals surface area contributed by atoms with Gasteiger partial charge in [0.05, 0.1) is 13.2 Å². The summed E-state index contributed by atoms with van der Waals surface area (Å²) in [4.78, 5) is 0. The van der Waals surface area contributed by atoms with Gasteiger partial charge in [0.1, 0.15) is 26.2 Å². The number of quaternary nitrogens is 1. The Balaban J connectivity index is 0.000000810. The van der Waals surface area contributed by atoms with Crippen molar-refractivity contribution in [3.8, 4) is 0 Å². The summed E-state index contributed by atoms with van der Waals surface area (Å²) in [6.45, 7) is 4.42. The summed E-state index contributed by atoms with van der Waals surface area (Å²) in [7, 11) is 0. The van der Waals surface area contributed by atoms with Crippen LogP contribution in [0, 0.1) is 0 Å². The summed E-state index contributed by atoms with van der Waals surface area (Å²) in [5.74, 6) is 0. The van der Waals surface area contributed by atoms with E-state index in [1.54, 1.807) is 0 Å². The third kappa shape index (κ3) is 2.42. The third-order valence-corrected chi connectivity index (χ3v) is 2.00. The van der Waals surface area contributed by atoms with Crippen molar-refractivity contribution in [3.63, 3.8) is 0 Å². The Kier molecular flexibility index (Phi) is 4.20. The molecule has 0 aromatic carbocycles. The molecule has 0 amide bonds. The van der Waals surface area contributed by atoms with Crippen LogP contribution < -0.4 is 12.4 Å². The molecule has 10 heavy (non-hydrogen) atoms. The van der Waals surface area contributed by atoms with E-state index in [1.807, 2.05) is 0 Å². The standard InChI is InChI=1S/C6H14NO2.ClH/c8-5-3-7(1-2-7)4-6-9;/h8-9H,1-6H2;1H/q+1;/p-1. The molecule has 1 fully saturated rings. The molecule has 0 radical (unpaired) electrons. The van der Waals surface area contributed by atoms with Crippen LogP contribution in [-0.2, 0) is 0 Å². The summed E-state index contributed by atoms with van der Waals surface area (Å²) < 4.78 is 0.938. The van der Waals surface area contributed by atoms with Crippen molar-refractivity contribution in [2.75, 3.05) is 39.4 Å². The number of rotatable bonds is 4. The first-order chi connectivity index (χ1) is 4.33. The lowest BCUT2D eigenvalue weighted by atomic mass is 10.5. The molecule has 0 aliphatic carbocycles. The zero-order chi connectivity index (χ0) is 6.74. The highest BCUT2D eigenvalue weighted by Crippen LogP contribution is 2.18. The Bertz CT molecular complexity index is 87.7. The lowest BCUT2D eigenvalue weighted by Crippen LogP contribution is -3.00. The van der Waals surface area contributed by atoms with Crippen LogP contribution in [0.3, 0.4) is 0 Å². The van der Waals surface area contributed by atoms with Crippen molar-refractivity contribution >= 4 is 0 Å². The number of halogens is 1. The Morgan fingerprint density at radius 3 is 1.60 bits per heavy atom. The van der Waals surface area contributed by atoms with E-state index in [0.29, 0.717) is 0 Å². The van der Waals surface area contributed by atoms with Crippen molar-refractivity contribution in [1.82, 2.24) is 0 Å². The van der Waals surface area contributed by atoms with Crippen LogP contribution in [0.1, 0.15) is 0 Å². The molecule has 0 saturated carbocycles. The molecular weight excluding hydrogens is 154 g/mol. The van der Waals surface area contributed by atoms with Crippen LogP contribution in [0.4, 0.5) is 0 Å². The zero-order valence-corrected chi connectivity index (χ0v) is 6.72. The quantitative estimate of drug-likeness (QED) is 0.330. The van der Waals surface area contributed by atoms with E-state index in [-0.39, 0.29) is 25.6 Å². The van der Waals surface area contributed by atoms with Gasteiger partial charge in [-0.15, -0.1) is 0 Å². The smallest absolute Gasteiger partial charge is 0.129 e. The first kappa shape index (κ1) is 10.2. The molecule has 1 heterocycles. The fourth-order valence-electron chi connectivity index (χ4n) is 1.12. The maximum atomic E-state index is 8.57. The van der Waals surface area contributed by atoms with Gasteiger partial charge in [-0.05, 0) is 0 Å². The molecule has 0 aromatic rings. The van der Waals surface area contributed by atoms with Crippen LogP contribution in [0.5, 0.6) is 0 Å². The second-order valence-electron chi connectivity index (χ2n) is 2.68. The van der Waals surface area contributed by atoms with Gasteiger partial charge in [-0.1, -0.05) is 0 Å². The van der Waals surface area contributed by atoms with Crippen LogP contribution in [-0.4, -0.2) is 54.1 Å². The molecule has 0 atom stereocenters. The minimum absolute atomic E-state index is 0. The molecule has 0 unspecified atom stereocenters. The van der Waals surface area contributed by atoms with Crippen molar-refractivity contribution in [3.05, 3.63) is 0 Å². The monoisotopic (exact) mass is 167 g/mol. The molecule has 62 valence electrons. The van der Waals surface area contributed by atoms with Gasteiger partial charge in [0.2, 0.25) is 0 Å². The normalized spacial score (nSPS) is 19.8. The fraction of sp³-hybridized carbons (Fsp3) is 1.00. The van der Waals surface area contributed by atoms with E-state index < -0.39 is 0 Å². The lowest BCUT2D eigenvalue weighted by molar-refractivity contribution is -0.800. The first-order valence-corrected chi connectivity index (χ1v) is 3.40. The highest BCUT2D eigenvalue weighted by molar-refractivity contribution is 4.55. The van der Waals surface area contributed by atoms with Gasteiger partial charge in [-0.25, -0.2) is 0 Å². The molecule has 1 rings (SSSR count). The maximum absolute atomic E-state index is 8.57. The minimum Gasteiger partial charge on any atom is -1.00 e. The molecule has 2 N–H and O–H groups in total. The van der Waals surface area contributed by atoms with Gasteiger partial charge in [-0.2, -0.15) is 0 Å². The lowest BCUT2D eigenvalue weighted by Gasteiger charge is -2.14. The zero-order valence-electron chi connectivity index (χ0n) is 5.96. The van der Waals surface area contributed by atoms with Crippen molar-refractivity contribution in [2.24, 2.45) is 0 Å². The second-order valence-corrected chi connectivity index (χ2v) is 2.68. The van der Waals surface area contributed by atoms with E-state index in [4.69, 9.17) is 10.2 Å². The summed E-state index contributed by atoms with van der Waals surface area (Å²) in [6, 6.07) is 0. The van der Waals surface area contributed by atoms with Crippen LogP contribution in [0.25, 0.3) is 0 Å². The minimum atomic E-state index is 0.